The van der Waals surface area contributed by atoms with Crippen molar-refractivity contribution in [3.05, 3.63) is 27.6 Å². The second-order valence-corrected chi connectivity index (χ2v) is 3.01. The van der Waals surface area contributed by atoms with Crippen molar-refractivity contribution in [1.29, 1.82) is 0 Å². The first-order valence-electron chi connectivity index (χ1n) is 4.17. The van der Waals surface area contributed by atoms with Gasteiger partial charge < -0.3 is 0 Å². The lowest BCUT2D eigenvalue weighted by Gasteiger charge is -1.89. The molecule has 0 bridgehead atoms. The van der Waals surface area contributed by atoms with Gasteiger partial charge in [0.15, 0.2) is 5.65 Å². The Morgan fingerprint density at radius 2 is 2.44 bits per heavy atom. The van der Waals surface area contributed by atoms with Gasteiger partial charge in [0.05, 0.1) is 11.9 Å². The number of nitrogens with zero attached hydrogens (tertiary/aromatic N) is 6. The molecule has 0 aliphatic carbocycles. The molecule has 0 amide bonds. The van der Waals surface area contributed by atoms with Crippen molar-refractivity contribution in [3.8, 4) is 11.8 Å². The number of aromatic amines is 1. The molecule has 2 aromatic rings. The van der Waals surface area contributed by atoms with Crippen molar-refractivity contribution < 1.29 is 0 Å². The standard InChI is InChI=1S/C8H4ClN7/c9-7-6-5(2-1-3-13-16-10)14-15-8(6)12-4-11-7/h4H,3H2,(H,11,12,14,15). The number of hydrogen-bond acceptors (Lipinski definition) is 4. The number of hydrogen-bond donors (Lipinski definition) is 1. The fraction of sp³-hybridized carbons (Fsp3) is 0.125. The molecule has 2 heterocycles. The van der Waals surface area contributed by atoms with E-state index in [-0.39, 0.29) is 11.7 Å². The molecule has 0 saturated carbocycles. The van der Waals surface area contributed by atoms with E-state index in [0.717, 1.165) is 0 Å². The van der Waals surface area contributed by atoms with Gasteiger partial charge in [-0.15, -0.1) is 0 Å². The molecule has 0 radical (unpaired) electrons. The summed E-state index contributed by atoms with van der Waals surface area (Å²) < 4.78 is 0. The molecule has 2 rings (SSSR count). The molecular weight excluding hydrogens is 230 g/mol. The quantitative estimate of drug-likeness (QED) is 0.266. The van der Waals surface area contributed by atoms with Crippen LogP contribution in [0.4, 0.5) is 0 Å². The van der Waals surface area contributed by atoms with Crippen LogP contribution in [0.25, 0.3) is 21.5 Å². The summed E-state index contributed by atoms with van der Waals surface area (Å²) in [5.74, 6) is 5.40. The van der Waals surface area contributed by atoms with Crippen LogP contribution < -0.4 is 0 Å². The Labute approximate surface area is 94.5 Å². The Kier molecular flexibility index (Phi) is 2.87. The van der Waals surface area contributed by atoms with Crippen molar-refractivity contribution in [2.24, 2.45) is 5.11 Å². The smallest absolute Gasteiger partial charge is 0.186 e. The largest absolute Gasteiger partial charge is 0.267 e. The van der Waals surface area contributed by atoms with Crippen LogP contribution in [-0.2, 0) is 0 Å². The van der Waals surface area contributed by atoms with E-state index in [4.69, 9.17) is 17.1 Å². The predicted molar refractivity (Wildman–Crippen MR) is 57.6 cm³/mol. The third-order valence-electron chi connectivity index (χ3n) is 1.73. The van der Waals surface area contributed by atoms with Gasteiger partial charge >= 0.3 is 0 Å². The molecule has 0 aromatic carbocycles. The third-order valence-corrected chi connectivity index (χ3v) is 2.02. The molecule has 0 unspecified atom stereocenters. The molecule has 16 heavy (non-hydrogen) atoms. The van der Waals surface area contributed by atoms with Crippen molar-refractivity contribution >= 4 is 22.6 Å². The van der Waals surface area contributed by atoms with E-state index >= 15 is 0 Å². The third kappa shape index (κ3) is 1.88. The van der Waals surface area contributed by atoms with E-state index in [9.17, 15) is 0 Å². The lowest BCUT2D eigenvalue weighted by molar-refractivity contribution is 1.08. The van der Waals surface area contributed by atoms with E-state index in [1.807, 2.05) is 0 Å². The number of fused-ring (bicyclic) bond motifs is 1. The van der Waals surface area contributed by atoms with E-state index in [0.29, 0.717) is 16.7 Å². The zero-order chi connectivity index (χ0) is 11.4. The minimum Gasteiger partial charge on any atom is -0.267 e. The van der Waals surface area contributed by atoms with Gasteiger partial charge in [0.25, 0.3) is 0 Å². The summed E-state index contributed by atoms with van der Waals surface area (Å²) in [6.07, 6.45) is 1.32. The maximum Gasteiger partial charge on any atom is 0.186 e. The minimum atomic E-state index is 0.0856. The minimum absolute atomic E-state index is 0.0856. The second-order valence-electron chi connectivity index (χ2n) is 2.65. The van der Waals surface area contributed by atoms with Gasteiger partial charge in [0.2, 0.25) is 0 Å². The Hall–Kier alpha value is -2.29. The normalized spacial score (nSPS) is 9.31. The lowest BCUT2D eigenvalue weighted by atomic mass is 10.3. The molecule has 0 atom stereocenters. The topological polar surface area (TPSA) is 103 Å². The highest BCUT2D eigenvalue weighted by Crippen LogP contribution is 2.19. The summed E-state index contributed by atoms with van der Waals surface area (Å²) in [7, 11) is 0. The lowest BCUT2D eigenvalue weighted by Crippen LogP contribution is -1.82. The van der Waals surface area contributed by atoms with Gasteiger partial charge in [-0.3, -0.25) is 5.10 Å². The SMILES string of the molecule is [N-]=[N+]=NCC#Cc1[nH]nc2ncnc(Cl)c12. The number of nitrogens with one attached hydrogen (secondary N) is 1. The maximum absolute atomic E-state index is 8.07. The Morgan fingerprint density at radius 1 is 1.56 bits per heavy atom. The van der Waals surface area contributed by atoms with Crippen molar-refractivity contribution in [1.82, 2.24) is 20.2 Å². The van der Waals surface area contributed by atoms with Crippen LogP contribution in [0.1, 0.15) is 5.69 Å². The fourth-order valence-corrected chi connectivity index (χ4v) is 1.33. The first kappa shape index (κ1) is 10.2. The van der Waals surface area contributed by atoms with E-state index in [1.165, 1.54) is 6.33 Å². The highest BCUT2D eigenvalue weighted by molar-refractivity contribution is 6.34. The molecule has 0 aliphatic heterocycles. The van der Waals surface area contributed by atoms with Crippen molar-refractivity contribution in [2.75, 3.05) is 6.54 Å². The van der Waals surface area contributed by atoms with Crippen molar-refractivity contribution in [2.45, 2.75) is 0 Å². The summed E-state index contributed by atoms with van der Waals surface area (Å²) in [5.41, 5.74) is 9.03. The first-order valence-corrected chi connectivity index (χ1v) is 4.55. The van der Waals surface area contributed by atoms with Gasteiger partial charge in [-0.05, 0) is 11.5 Å². The van der Waals surface area contributed by atoms with E-state index in [2.05, 4.69) is 42.0 Å². The maximum atomic E-state index is 8.07. The molecule has 0 saturated heterocycles. The van der Waals surface area contributed by atoms with Gasteiger partial charge in [-0.25, -0.2) is 9.97 Å². The molecule has 78 valence electrons. The van der Waals surface area contributed by atoms with Crippen LogP contribution in [0.3, 0.4) is 0 Å². The zero-order valence-electron chi connectivity index (χ0n) is 7.85. The number of azide groups is 1. The number of halogens is 1. The molecule has 7 nitrogen and oxygen atoms in total. The number of rotatable bonds is 1. The Morgan fingerprint density at radius 3 is 3.25 bits per heavy atom. The summed E-state index contributed by atoms with van der Waals surface area (Å²) in [6.45, 7) is 0.0856. The number of H-pyrrole nitrogens is 1. The van der Waals surface area contributed by atoms with Gasteiger partial charge in [0, 0.05) is 4.91 Å². The predicted octanol–water partition coefficient (Wildman–Crippen LogP) is 1.67. The highest BCUT2D eigenvalue weighted by Gasteiger charge is 2.08. The molecule has 0 aliphatic rings. The van der Waals surface area contributed by atoms with Gasteiger partial charge in [-0.2, -0.15) is 5.10 Å². The average molecular weight is 234 g/mol. The zero-order valence-corrected chi connectivity index (χ0v) is 8.60. The summed E-state index contributed by atoms with van der Waals surface area (Å²) in [5, 5.41) is 10.7. The van der Waals surface area contributed by atoms with Crippen molar-refractivity contribution in [3.63, 3.8) is 0 Å². The fourth-order valence-electron chi connectivity index (χ4n) is 1.11. The molecule has 0 spiro atoms. The molecule has 1 N–H and O–H groups in total. The van der Waals surface area contributed by atoms with Gasteiger partial charge in [0.1, 0.15) is 17.2 Å². The van der Waals surface area contributed by atoms with Crippen LogP contribution in [0.15, 0.2) is 11.4 Å². The Balaban J connectivity index is 2.44. The molecule has 2 aromatic heterocycles. The van der Waals surface area contributed by atoms with Crippen LogP contribution in [0.2, 0.25) is 5.15 Å². The number of aromatic nitrogens is 4. The molecule has 8 heteroatoms. The van der Waals surface area contributed by atoms with E-state index in [1.54, 1.807) is 0 Å². The van der Waals surface area contributed by atoms with Crippen LogP contribution in [-0.4, -0.2) is 26.7 Å². The van der Waals surface area contributed by atoms with Crippen LogP contribution >= 0.6 is 11.6 Å². The molecular formula is C8H4ClN7. The van der Waals surface area contributed by atoms with E-state index < -0.39 is 0 Å². The second kappa shape index (κ2) is 4.49. The first-order chi connectivity index (χ1) is 7.83. The van der Waals surface area contributed by atoms with Crippen LogP contribution in [0, 0.1) is 11.8 Å². The summed E-state index contributed by atoms with van der Waals surface area (Å²) >= 11 is 5.88. The summed E-state index contributed by atoms with van der Waals surface area (Å²) in [6, 6.07) is 0. The van der Waals surface area contributed by atoms with Gasteiger partial charge in [-0.1, -0.05) is 22.6 Å². The monoisotopic (exact) mass is 233 g/mol. The Bertz CT molecular complexity index is 629. The van der Waals surface area contributed by atoms with Crippen LogP contribution in [0.5, 0.6) is 0 Å². The highest BCUT2D eigenvalue weighted by atomic mass is 35.5. The summed E-state index contributed by atoms with van der Waals surface area (Å²) in [4.78, 5) is 10.3. The molecule has 0 fully saturated rings. The average Bonchev–Trinajstić information content (AvgIpc) is 2.69.